The first kappa shape index (κ1) is 40.5. The molecular formula is C67H41N3O. The average molecular weight is 904 g/mol. The Kier molecular flexibility index (Phi) is 9.49. The molecule has 0 aliphatic heterocycles. The summed E-state index contributed by atoms with van der Waals surface area (Å²) in [5, 5.41) is 11.5. The van der Waals surface area contributed by atoms with Gasteiger partial charge >= 0.3 is 0 Å². The zero-order chi connectivity index (χ0) is 46.8. The molecule has 0 saturated heterocycles. The van der Waals surface area contributed by atoms with Gasteiger partial charge in [-0.3, -0.25) is 0 Å². The molecule has 0 fully saturated rings. The fourth-order valence-electron chi connectivity index (χ4n) is 10.7. The lowest BCUT2D eigenvalue weighted by molar-refractivity contribution is 0.669. The van der Waals surface area contributed by atoms with Gasteiger partial charge in [-0.2, -0.15) is 0 Å². The van der Waals surface area contributed by atoms with Crippen molar-refractivity contribution in [1.82, 2.24) is 15.0 Å². The highest BCUT2D eigenvalue weighted by Crippen LogP contribution is 2.42. The second kappa shape index (κ2) is 16.6. The van der Waals surface area contributed by atoms with E-state index in [2.05, 4.69) is 237 Å². The molecule has 2 aromatic heterocycles. The summed E-state index contributed by atoms with van der Waals surface area (Å²) in [6, 6.07) is 88.4. The number of hydrogen-bond acceptors (Lipinski definition) is 4. The molecule has 0 aliphatic carbocycles. The third-order valence-corrected chi connectivity index (χ3v) is 14.2. The van der Waals surface area contributed by atoms with Crippen molar-refractivity contribution in [3.63, 3.8) is 0 Å². The maximum Gasteiger partial charge on any atom is 0.164 e. The van der Waals surface area contributed by atoms with E-state index in [4.69, 9.17) is 19.4 Å². The van der Waals surface area contributed by atoms with Gasteiger partial charge in [-0.05, 0) is 124 Å². The summed E-state index contributed by atoms with van der Waals surface area (Å²) in [5.41, 5.74) is 13.6. The minimum absolute atomic E-state index is 0.599. The number of nitrogens with zero attached hydrogens (tertiary/aromatic N) is 3. The Labute approximate surface area is 409 Å². The monoisotopic (exact) mass is 903 g/mol. The van der Waals surface area contributed by atoms with Gasteiger partial charge in [-0.1, -0.05) is 212 Å². The summed E-state index contributed by atoms with van der Waals surface area (Å²) in [5.74, 6) is 1.81. The molecule has 14 rings (SSSR count). The van der Waals surface area contributed by atoms with Crippen LogP contribution in [0.25, 0.3) is 144 Å². The number of para-hydroxylation sites is 1. The second-order valence-corrected chi connectivity index (χ2v) is 18.2. The highest BCUT2D eigenvalue weighted by atomic mass is 16.3. The molecule has 0 unspecified atom stereocenters. The summed E-state index contributed by atoms with van der Waals surface area (Å²) in [6.45, 7) is 0. The molecule has 0 amide bonds. The van der Waals surface area contributed by atoms with Crippen LogP contribution in [0, 0.1) is 0 Å². The van der Waals surface area contributed by atoms with E-state index >= 15 is 0 Å². The third kappa shape index (κ3) is 6.96. The van der Waals surface area contributed by atoms with Gasteiger partial charge in [0.1, 0.15) is 11.2 Å². The van der Waals surface area contributed by atoms with Crippen LogP contribution in [0.15, 0.2) is 253 Å². The van der Waals surface area contributed by atoms with E-state index in [9.17, 15) is 0 Å². The van der Waals surface area contributed by atoms with Crippen molar-refractivity contribution in [1.29, 1.82) is 0 Å². The van der Waals surface area contributed by atoms with Gasteiger partial charge < -0.3 is 4.42 Å². The topological polar surface area (TPSA) is 51.8 Å². The minimum Gasteiger partial charge on any atom is -0.456 e. The van der Waals surface area contributed by atoms with Gasteiger partial charge in [0.05, 0.1) is 0 Å². The van der Waals surface area contributed by atoms with Crippen molar-refractivity contribution in [2.75, 3.05) is 0 Å². The van der Waals surface area contributed by atoms with Crippen LogP contribution in [0.1, 0.15) is 0 Å². The molecule has 0 bridgehead atoms. The quantitative estimate of drug-likeness (QED) is 0.150. The molecule has 0 radical (unpaired) electrons. The van der Waals surface area contributed by atoms with Gasteiger partial charge in [0, 0.05) is 27.5 Å². The first-order chi connectivity index (χ1) is 35.2. The van der Waals surface area contributed by atoms with Crippen molar-refractivity contribution in [2.24, 2.45) is 0 Å². The Morgan fingerprint density at radius 2 is 0.732 bits per heavy atom. The summed E-state index contributed by atoms with van der Waals surface area (Å²) >= 11 is 0. The lowest BCUT2D eigenvalue weighted by Gasteiger charge is -2.15. The van der Waals surface area contributed by atoms with Crippen LogP contribution in [0.2, 0.25) is 0 Å². The molecule has 4 nitrogen and oxygen atoms in total. The Bertz CT molecular complexity index is 4420. The molecule has 12 aromatic carbocycles. The number of rotatable bonds is 7. The van der Waals surface area contributed by atoms with Gasteiger partial charge in [-0.15, -0.1) is 0 Å². The summed E-state index contributed by atoms with van der Waals surface area (Å²) < 4.78 is 6.36. The van der Waals surface area contributed by atoms with Crippen molar-refractivity contribution in [2.45, 2.75) is 0 Å². The van der Waals surface area contributed by atoms with Crippen LogP contribution >= 0.6 is 0 Å². The Hall–Kier alpha value is -9.51. The minimum atomic E-state index is 0.599. The summed E-state index contributed by atoms with van der Waals surface area (Å²) in [7, 11) is 0. The Morgan fingerprint density at radius 3 is 1.61 bits per heavy atom. The van der Waals surface area contributed by atoms with Crippen molar-refractivity contribution < 1.29 is 4.42 Å². The predicted molar refractivity (Wildman–Crippen MR) is 295 cm³/mol. The van der Waals surface area contributed by atoms with Gasteiger partial charge in [-0.25, -0.2) is 15.0 Å². The Morgan fingerprint density at radius 1 is 0.211 bits per heavy atom. The molecule has 0 N–H and O–H groups in total. The number of aromatic nitrogens is 3. The lowest BCUT2D eigenvalue weighted by Crippen LogP contribution is -2.01. The van der Waals surface area contributed by atoms with Crippen LogP contribution in [-0.4, -0.2) is 15.0 Å². The van der Waals surface area contributed by atoms with Crippen LogP contribution < -0.4 is 0 Å². The zero-order valence-electron chi connectivity index (χ0n) is 38.4. The molecule has 330 valence electrons. The normalized spacial score (nSPS) is 11.7. The first-order valence-electron chi connectivity index (χ1n) is 24.1. The maximum absolute atomic E-state index is 6.36. The van der Waals surface area contributed by atoms with E-state index in [1.165, 1.54) is 38.2 Å². The predicted octanol–water partition coefficient (Wildman–Crippen LogP) is 18.1. The maximum atomic E-state index is 6.36. The lowest BCUT2D eigenvalue weighted by atomic mass is 9.89. The van der Waals surface area contributed by atoms with E-state index in [-0.39, 0.29) is 0 Å². The van der Waals surface area contributed by atoms with Crippen LogP contribution in [0.3, 0.4) is 0 Å². The second-order valence-electron chi connectivity index (χ2n) is 18.2. The number of fused-ring (bicyclic) bond motifs is 8. The number of benzene rings is 12. The average Bonchev–Trinajstić information content (AvgIpc) is 3.82. The fourth-order valence-corrected chi connectivity index (χ4v) is 10.7. The van der Waals surface area contributed by atoms with Gasteiger partial charge in [0.25, 0.3) is 0 Å². The highest BCUT2D eigenvalue weighted by Gasteiger charge is 2.20. The SMILES string of the molecule is c1ccc(-c2ccc3c(-c4nc(-c5cccc(-c6ccccc6-c6cccc7c6ccc6ccccc67)c5)nc(-c5ccc(-c6ccc7c(c6)oc6ccccc67)c6ccccc56)n4)cccc3c2)cc1. The molecule has 2 heterocycles. The highest BCUT2D eigenvalue weighted by molar-refractivity contribution is 6.13. The Balaban J connectivity index is 0.938. The molecule has 0 aliphatic rings. The van der Waals surface area contributed by atoms with Crippen LogP contribution in [0.5, 0.6) is 0 Å². The van der Waals surface area contributed by atoms with E-state index in [0.29, 0.717) is 17.5 Å². The smallest absolute Gasteiger partial charge is 0.164 e. The number of furan rings is 1. The first-order valence-corrected chi connectivity index (χ1v) is 24.1. The molecule has 0 saturated carbocycles. The fraction of sp³-hybridized carbons (Fsp3) is 0. The summed E-state index contributed by atoms with van der Waals surface area (Å²) in [4.78, 5) is 16.2. The van der Waals surface area contributed by atoms with Crippen LogP contribution in [0.4, 0.5) is 0 Å². The number of hydrogen-bond donors (Lipinski definition) is 0. The standard InChI is InChI=1S/C67H41N3O/c1-2-15-42(16-3-1)44-32-34-52-45(39-44)19-13-29-61(52)66-68-65(48-20-12-18-46(40-48)50-22-6-7-23-53(50)56-28-14-27-55-49-21-5-4-17-43(49)31-35-58(55)56)69-67(70-66)62-38-37-51(54-24-8-9-25-57(54)62)47-33-36-60-59-26-10-11-30-63(59)71-64(60)41-47/h1-41H. The van der Waals surface area contributed by atoms with Crippen molar-refractivity contribution in [3.8, 4) is 78.7 Å². The van der Waals surface area contributed by atoms with Crippen molar-refractivity contribution in [3.05, 3.63) is 249 Å². The zero-order valence-corrected chi connectivity index (χ0v) is 38.4. The molecule has 0 atom stereocenters. The molecular weight excluding hydrogens is 863 g/mol. The van der Waals surface area contributed by atoms with Crippen LogP contribution in [-0.2, 0) is 0 Å². The van der Waals surface area contributed by atoms with E-state index < -0.39 is 0 Å². The van der Waals surface area contributed by atoms with E-state index in [1.54, 1.807) is 0 Å². The van der Waals surface area contributed by atoms with Gasteiger partial charge in [0.2, 0.25) is 0 Å². The van der Waals surface area contributed by atoms with Gasteiger partial charge in [0.15, 0.2) is 17.5 Å². The largest absolute Gasteiger partial charge is 0.456 e. The van der Waals surface area contributed by atoms with Crippen molar-refractivity contribution >= 4 is 65.0 Å². The van der Waals surface area contributed by atoms with E-state index in [0.717, 1.165) is 88.0 Å². The third-order valence-electron chi connectivity index (χ3n) is 14.2. The molecule has 0 spiro atoms. The molecule has 14 aromatic rings. The van der Waals surface area contributed by atoms with E-state index in [1.807, 2.05) is 12.1 Å². The molecule has 71 heavy (non-hydrogen) atoms. The summed E-state index contributed by atoms with van der Waals surface area (Å²) in [6.07, 6.45) is 0. The molecule has 4 heteroatoms.